The van der Waals surface area contributed by atoms with Crippen molar-refractivity contribution in [1.29, 1.82) is 0 Å². The summed E-state index contributed by atoms with van der Waals surface area (Å²) in [5.74, 6) is 1.57. The summed E-state index contributed by atoms with van der Waals surface area (Å²) in [7, 11) is 4.60. The van der Waals surface area contributed by atoms with Gasteiger partial charge in [-0.25, -0.2) is 4.98 Å². The molecular formula is C24H21N3O6S. The molecule has 4 rings (SSSR count). The number of nitro benzene ring substituents is 1. The number of fused-ring (bicyclic) bond motifs is 1. The van der Waals surface area contributed by atoms with E-state index in [1.807, 2.05) is 28.8 Å². The molecule has 34 heavy (non-hydrogen) atoms. The van der Waals surface area contributed by atoms with Crippen molar-refractivity contribution in [3.63, 3.8) is 0 Å². The fourth-order valence-corrected chi connectivity index (χ4v) is 4.44. The molecule has 174 valence electrons. The number of hydrogen-bond donors (Lipinski definition) is 0. The van der Waals surface area contributed by atoms with E-state index in [1.165, 1.54) is 38.1 Å². The Morgan fingerprint density at radius 1 is 0.971 bits per heavy atom. The Balaban J connectivity index is 1.73. The number of methoxy groups -OCH3 is 3. The molecule has 0 bridgehead atoms. The maximum Gasteiger partial charge on any atom is 0.271 e. The van der Waals surface area contributed by atoms with Crippen LogP contribution in [0.5, 0.6) is 17.2 Å². The molecule has 0 N–H and O–H groups in total. The van der Waals surface area contributed by atoms with Crippen LogP contribution in [0.3, 0.4) is 0 Å². The topological polar surface area (TPSA) is 106 Å². The van der Waals surface area contributed by atoms with Crippen LogP contribution in [0.1, 0.15) is 10.4 Å². The molecule has 9 nitrogen and oxygen atoms in total. The zero-order chi connectivity index (χ0) is 24.2. The van der Waals surface area contributed by atoms with E-state index in [4.69, 9.17) is 14.2 Å². The largest absolute Gasteiger partial charge is 0.495 e. The third-order valence-electron chi connectivity index (χ3n) is 5.18. The fourth-order valence-electron chi connectivity index (χ4n) is 3.53. The van der Waals surface area contributed by atoms with Gasteiger partial charge in [-0.05, 0) is 36.4 Å². The van der Waals surface area contributed by atoms with E-state index in [0.29, 0.717) is 44.7 Å². The minimum atomic E-state index is -0.463. The molecule has 0 unspecified atom stereocenters. The molecule has 4 aromatic rings. The van der Waals surface area contributed by atoms with Crippen LogP contribution in [0, 0.1) is 10.1 Å². The highest BCUT2D eigenvalue weighted by Crippen LogP contribution is 2.34. The Morgan fingerprint density at radius 2 is 1.71 bits per heavy atom. The predicted octanol–water partition coefficient (Wildman–Crippen LogP) is 4.93. The normalized spacial score (nSPS) is 10.8. The van der Waals surface area contributed by atoms with Gasteiger partial charge in [0.1, 0.15) is 5.75 Å². The minimum Gasteiger partial charge on any atom is -0.495 e. The second kappa shape index (κ2) is 9.84. The van der Waals surface area contributed by atoms with Crippen LogP contribution in [0.2, 0.25) is 0 Å². The SMILES string of the molecule is COc1ccc(C(=O)CSc2nc3cc([N+](=O)[O-])ccc3n2-c2ccccc2OC)cc1OC. The van der Waals surface area contributed by atoms with Gasteiger partial charge in [0, 0.05) is 17.7 Å². The number of benzene rings is 3. The van der Waals surface area contributed by atoms with Crippen molar-refractivity contribution in [2.45, 2.75) is 5.16 Å². The highest BCUT2D eigenvalue weighted by atomic mass is 32.2. The Hall–Kier alpha value is -4.05. The summed E-state index contributed by atoms with van der Waals surface area (Å²) in [5.41, 5.74) is 2.23. The lowest BCUT2D eigenvalue weighted by atomic mass is 10.1. The van der Waals surface area contributed by atoms with Gasteiger partial charge in [-0.1, -0.05) is 23.9 Å². The molecular weight excluding hydrogens is 458 g/mol. The molecule has 0 atom stereocenters. The first-order chi connectivity index (χ1) is 16.5. The highest BCUT2D eigenvalue weighted by molar-refractivity contribution is 7.99. The van der Waals surface area contributed by atoms with Crippen LogP contribution >= 0.6 is 11.8 Å². The summed E-state index contributed by atoms with van der Waals surface area (Å²) in [4.78, 5) is 28.3. The van der Waals surface area contributed by atoms with Crippen LogP contribution in [0.4, 0.5) is 5.69 Å². The van der Waals surface area contributed by atoms with Crippen molar-refractivity contribution in [3.05, 3.63) is 76.3 Å². The summed E-state index contributed by atoms with van der Waals surface area (Å²) >= 11 is 1.23. The van der Waals surface area contributed by atoms with E-state index in [0.717, 1.165) is 0 Å². The first-order valence-corrected chi connectivity index (χ1v) is 11.1. The van der Waals surface area contributed by atoms with Crippen LogP contribution in [-0.2, 0) is 0 Å². The molecule has 1 aromatic heterocycles. The second-order valence-electron chi connectivity index (χ2n) is 7.11. The van der Waals surface area contributed by atoms with E-state index >= 15 is 0 Å². The van der Waals surface area contributed by atoms with Crippen LogP contribution in [-0.4, -0.2) is 47.3 Å². The number of para-hydroxylation sites is 2. The van der Waals surface area contributed by atoms with Crippen molar-refractivity contribution >= 4 is 34.3 Å². The Kier molecular flexibility index (Phi) is 6.69. The monoisotopic (exact) mass is 479 g/mol. The van der Waals surface area contributed by atoms with Crippen LogP contribution < -0.4 is 14.2 Å². The molecule has 3 aromatic carbocycles. The first kappa shape index (κ1) is 23.1. The molecule has 0 fully saturated rings. The number of aromatic nitrogens is 2. The van der Waals surface area contributed by atoms with Crippen molar-refractivity contribution in [2.75, 3.05) is 27.1 Å². The molecule has 10 heteroatoms. The summed E-state index contributed by atoms with van der Waals surface area (Å²) in [6.45, 7) is 0. The first-order valence-electron chi connectivity index (χ1n) is 10.1. The molecule has 0 spiro atoms. The number of nitrogens with zero attached hydrogens (tertiary/aromatic N) is 3. The average Bonchev–Trinajstić information content (AvgIpc) is 3.23. The molecule has 1 heterocycles. The van der Waals surface area contributed by atoms with Crippen molar-refractivity contribution < 1.29 is 23.9 Å². The van der Waals surface area contributed by atoms with Crippen molar-refractivity contribution in [1.82, 2.24) is 9.55 Å². The molecule has 0 aliphatic rings. The number of ether oxygens (including phenoxy) is 3. The average molecular weight is 480 g/mol. The summed E-state index contributed by atoms with van der Waals surface area (Å²) in [6.07, 6.45) is 0. The van der Waals surface area contributed by atoms with Gasteiger partial charge in [0.2, 0.25) is 0 Å². The number of rotatable bonds is 9. The lowest BCUT2D eigenvalue weighted by molar-refractivity contribution is -0.384. The van der Waals surface area contributed by atoms with Crippen LogP contribution in [0.15, 0.2) is 65.8 Å². The smallest absolute Gasteiger partial charge is 0.271 e. The lowest BCUT2D eigenvalue weighted by Crippen LogP contribution is -2.05. The Bertz CT molecular complexity index is 1380. The fraction of sp³-hybridized carbons (Fsp3) is 0.167. The molecule has 0 amide bonds. The van der Waals surface area contributed by atoms with Gasteiger partial charge in [0.25, 0.3) is 5.69 Å². The number of carbonyl (C=O) groups is 1. The Labute approximate surface area is 199 Å². The number of Topliss-reactive ketones (excluding diaryl/α,β-unsaturated/α-hetero) is 1. The van der Waals surface area contributed by atoms with E-state index in [1.54, 1.807) is 31.4 Å². The third-order valence-corrected chi connectivity index (χ3v) is 6.12. The zero-order valence-corrected chi connectivity index (χ0v) is 19.5. The number of non-ortho nitro benzene ring substituents is 1. The second-order valence-corrected chi connectivity index (χ2v) is 8.06. The number of nitro groups is 1. The molecule has 0 radical (unpaired) electrons. The highest BCUT2D eigenvalue weighted by Gasteiger charge is 2.20. The quantitative estimate of drug-likeness (QED) is 0.144. The standard InChI is InChI=1S/C24H21N3O6S/c1-31-21-7-5-4-6-19(21)26-18-10-9-16(27(29)30)13-17(18)25-24(26)34-14-20(28)15-8-11-22(32-2)23(12-15)33-3/h4-13H,14H2,1-3H3. The maximum absolute atomic E-state index is 12.9. The molecule has 0 aliphatic carbocycles. The van der Waals surface area contributed by atoms with Gasteiger partial charge < -0.3 is 14.2 Å². The van der Waals surface area contributed by atoms with Crippen molar-refractivity contribution in [2.24, 2.45) is 0 Å². The van der Waals surface area contributed by atoms with E-state index in [9.17, 15) is 14.9 Å². The maximum atomic E-state index is 12.9. The summed E-state index contributed by atoms with van der Waals surface area (Å²) in [5, 5.41) is 11.8. The lowest BCUT2D eigenvalue weighted by Gasteiger charge is -2.13. The zero-order valence-electron chi connectivity index (χ0n) is 18.7. The van der Waals surface area contributed by atoms with Gasteiger partial charge >= 0.3 is 0 Å². The number of hydrogen-bond acceptors (Lipinski definition) is 8. The predicted molar refractivity (Wildman–Crippen MR) is 129 cm³/mol. The number of imidazole rings is 1. The third kappa shape index (κ3) is 4.40. The van der Waals surface area contributed by atoms with Gasteiger partial charge in [0.05, 0.1) is 48.7 Å². The van der Waals surface area contributed by atoms with Crippen molar-refractivity contribution in [3.8, 4) is 22.9 Å². The van der Waals surface area contributed by atoms with E-state index in [2.05, 4.69) is 4.98 Å². The Morgan fingerprint density at radius 3 is 2.41 bits per heavy atom. The number of ketones is 1. The molecule has 0 aliphatic heterocycles. The molecule has 0 saturated carbocycles. The van der Waals surface area contributed by atoms with Gasteiger partial charge in [0.15, 0.2) is 22.4 Å². The van der Waals surface area contributed by atoms with Gasteiger partial charge in [-0.15, -0.1) is 0 Å². The number of thioether (sulfide) groups is 1. The van der Waals surface area contributed by atoms with Gasteiger partial charge in [-0.2, -0.15) is 0 Å². The van der Waals surface area contributed by atoms with E-state index in [-0.39, 0.29) is 17.2 Å². The van der Waals surface area contributed by atoms with E-state index < -0.39 is 4.92 Å². The number of carbonyl (C=O) groups excluding carboxylic acids is 1. The summed E-state index contributed by atoms with van der Waals surface area (Å²) < 4.78 is 17.9. The summed E-state index contributed by atoms with van der Waals surface area (Å²) in [6, 6.07) is 16.9. The van der Waals surface area contributed by atoms with Gasteiger partial charge in [-0.3, -0.25) is 19.5 Å². The minimum absolute atomic E-state index is 0.0601. The van der Waals surface area contributed by atoms with Crippen LogP contribution in [0.25, 0.3) is 16.7 Å². The molecule has 0 saturated heterocycles.